The molecule has 4 rings (SSSR count). The van der Waals surface area contributed by atoms with E-state index < -0.39 is 18.1 Å². The molecule has 1 unspecified atom stereocenters. The Morgan fingerprint density at radius 3 is 2.39 bits per heavy atom. The van der Waals surface area contributed by atoms with Gasteiger partial charge in [0.25, 0.3) is 0 Å². The predicted octanol–water partition coefficient (Wildman–Crippen LogP) is 2.42. The summed E-state index contributed by atoms with van der Waals surface area (Å²) in [5.74, 6) is -1.29. The van der Waals surface area contributed by atoms with Crippen molar-refractivity contribution in [3.63, 3.8) is 0 Å². The number of ether oxygens (including phenoxy) is 2. The minimum atomic E-state index is -1.19. The topological polar surface area (TPSA) is 116 Å². The molecule has 3 aromatic rings. The highest BCUT2D eigenvalue weighted by Gasteiger charge is 2.30. The molecule has 1 aliphatic rings. The lowest BCUT2D eigenvalue weighted by atomic mass is 9.98. The number of hydrogen-bond acceptors (Lipinski definition) is 6. The van der Waals surface area contributed by atoms with E-state index in [0.717, 1.165) is 22.3 Å². The zero-order valence-corrected chi connectivity index (χ0v) is 16.9. The second-order valence-electron chi connectivity index (χ2n) is 7.23. The van der Waals surface area contributed by atoms with Crippen LogP contribution in [0.5, 0.6) is 0 Å². The van der Waals surface area contributed by atoms with Crippen LogP contribution in [0.2, 0.25) is 0 Å². The van der Waals surface area contributed by atoms with E-state index in [1.165, 1.54) is 11.8 Å². The van der Waals surface area contributed by atoms with Gasteiger partial charge in [-0.15, -0.1) is 5.10 Å². The van der Waals surface area contributed by atoms with E-state index in [4.69, 9.17) is 9.47 Å². The van der Waals surface area contributed by atoms with Gasteiger partial charge in [0, 0.05) is 19.4 Å². The molecule has 1 aromatic heterocycles. The number of nitrogens with one attached hydrogen (secondary N) is 1. The molecule has 1 aliphatic carbocycles. The zero-order valence-electron chi connectivity index (χ0n) is 16.9. The number of hydrogen-bond donors (Lipinski definition) is 2. The molecule has 9 heteroatoms. The summed E-state index contributed by atoms with van der Waals surface area (Å²) in [4.78, 5) is 24.0. The summed E-state index contributed by atoms with van der Waals surface area (Å²) in [7, 11) is 1.51. The molecule has 1 amide bonds. The molecule has 0 spiro atoms. The summed E-state index contributed by atoms with van der Waals surface area (Å²) >= 11 is 0. The lowest BCUT2D eigenvalue weighted by molar-refractivity contribution is -0.139. The molecule has 0 saturated carbocycles. The number of aliphatic carboxylic acids is 1. The fourth-order valence-corrected chi connectivity index (χ4v) is 3.82. The Kier molecular flexibility index (Phi) is 5.94. The third kappa shape index (κ3) is 4.41. The fourth-order valence-electron chi connectivity index (χ4n) is 3.82. The van der Waals surface area contributed by atoms with E-state index in [2.05, 4.69) is 15.6 Å². The van der Waals surface area contributed by atoms with Crippen molar-refractivity contribution in [3.8, 4) is 11.1 Å². The number of carbonyl (C=O) groups excluding carboxylic acids is 1. The Bertz CT molecular complexity index is 1050. The van der Waals surface area contributed by atoms with Crippen LogP contribution in [0.15, 0.2) is 54.7 Å². The van der Waals surface area contributed by atoms with Gasteiger partial charge in [0.2, 0.25) is 0 Å². The van der Waals surface area contributed by atoms with Crippen molar-refractivity contribution in [2.24, 2.45) is 0 Å². The van der Waals surface area contributed by atoms with Gasteiger partial charge in [0.15, 0.2) is 0 Å². The lowest BCUT2D eigenvalue weighted by Crippen LogP contribution is -2.43. The van der Waals surface area contributed by atoms with Crippen molar-refractivity contribution >= 4 is 12.1 Å². The Hall–Kier alpha value is -3.72. The molecule has 9 nitrogen and oxygen atoms in total. The number of carboxylic acid groups (broad SMARTS) is 1. The molecule has 0 radical (unpaired) electrons. The molecule has 160 valence electrons. The number of benzene rings is 2. The highest BCUT2D eigenvalue weighted by molar-refractivity contribution is 5.81. The monoisotopic (exact) mass is 422 g/mol. The van der Waals surface area contributed by atoms with Gasteiger partial charge in [-0.05, 0) is 22.3 Å². The number of methoxy groups -OCH3 is 1. The summed E-state index contributed by atoms with van der Waals surface area (Å²) in [5.41, 5.74) is 4.83. The minimum absolute atomic E-state index is 0.0246. The second-order valence-corrected chi connectivity index (χ2v) is 7.23. The predicted molar refractivity (Wildman–Crippen MR) is 110 cm³/mol. The molecule has 0 bridgehead atoms. The van der Waals surface area contributed by atoms with Crippen LogP contribution in [-0.4, -0.2) is 51.9 Å². The molecule has 2 N–H and O–H groups in total. The SMILES string of the molecule is COCn1cc(CC(NC(=O)OCC2c3ccccc3-c3ccccc32)C(=O)O)nn1. The molecule has 1 atom stereocenters. The van der Waals surface area contributed by atoms with E-state index in [1.54, 1.807) is 6.20 Å². The normalized spacial score (nSPS) is 13.3. The fraction of sp³-hybridized carbons (Fsp3) is 0.273. The van der Waals surface area contributed by atoms with Gasteiger partial charge in [0.1, 0.15) is 19.4 Å². The first kappa shape index (κ1) is 20.5. The van der Waals surface area contributed by atoms with E-state index in [-0.39, 0.29) is 25.7 Å². The van der Waals surface area contributed by atoms with Crippen LogP contribution in [0.1, 0.15) is 22.7 Å². The smallest absolute Gasteiger partial charge is 0.407 e. The summed E-state index contributed by atoms with van der Waals surface area (Å²) < 4.78 is 11.8. The van der Waals surface area contributed by atoms with Crippen LogP contribution in [0.4, 0.5) is 4.79 Å². The number of fused-ring (bicyclic) bond motifs is 3. The molecular weight excluding hydrogens is 400 g/mol. The Morgan fingerprint density at radius 1 is 1.13 bits per heavy atom. The third-order valence-electron chi connectivity index (χ3n) is 5.19. The molecular formula is C22H22N4O5. The first-order valence-corrected chi connectivity index (χ1v) is 9.79. The van der Waals surface area contributed by atoms with Crippen LogP contribution in [0, 0.1) is 0 Å². The summed E-state index contributed by atoms with van der Waals surface area (Å²) in [6.45, 7) is 0.306. The van der Waals surface area contributed by atoms with Gasteiger partial charge < -0.3 is 19.9 Å². The quantitative estimate of drug-likeness (QED) is 0.573. The number of amides is 1. The number of carbonyl (C=O) groups is 2. The number of carboxylic acids is 1. The number of alkyl carbamates (subject to hydrolysis) is 1. The summed E-state index contributed by atoms with van der Waals surface area (Å²) in [5, 5.41) is 19.6. The Morgan fingerprint density at radius 2 is 1.77 bits per heavy atom. The van der Waals surface area contributed by atoms with E-state index >= 15 is 0 Å². The summed E-state index contributed by atoms with van der Waals surface area (Å²) in [6, 6.07) is 14.8. The minimum Gasteiger partial charge on any atom is -0.480 e. The maximum Gasteiger partial charge on any atom is 0.407 e. The van der Waals surface area contributed by atoms with Gasteiger partial charge in [-0.25, -0.2) is 14.3 Å². The average Bonchev–Trinajstić information content (AvgIpc) is 3.34. The van der Waals surface area contributed by atoms with Crippen molar-refractivity contribution < 1.29 is 24.2 Å². The zero-order chi connectivity index (χ0) is 21.8. The molecule has 0 aliphatic heterocycles. The largest absolute Gasteiger partial charge is 0.480 e. The van der Waals surface area contributed by atoms with Crippen molar-refractivity contribution in [3.05, 3.63) is 71.5 Å². The third-order valence-corrected chi connectivity index (χ3v) is 5.19. The van der Waals surface area contributed by atoms with Gasteiger partial charge in [-0.2, -0.15) is 0 Å². The van der Waals surface area contributed by atoms with Gasteiger partial charge in [-0.3, -0.25) is 0 Å². The van der Waals surface area contributed by atoms with Crippen molar-refractivity contribution in [2.75, 3.05) is 13.7 Å². The van der Waals surface area contributed by atoms with Gasteiger partial charge >= 0.3 is 12.1 Å². The summed E-state index contributed by atoms with van der Waals surface area (Å²) in [6.07, 6.45) is 0.751. The number of aromatic nitrogens is 3. The molecule has 0 saturated heterocycles. The van der Waals surface area contributed by atoms with Crippen LogP contribution in [-0.2, 0) is 27.4 Å². The van der Waals surface area contributed by atoms with E-state index in [1.807, 2.05) is 48.5 Å². The second kappa shape index (κ2) is 8.97. The van der Waals surface area contributed by atoms with Crippen LogP contribution >= 0.6 is 0 Å². The number of rotatable bonds is 8. The van der Waals surface area contributed by atoms with Crippen LogP contribution < -0.4 is 5.32 Å². The Balaban J connectivity index is 1.40. The first-order chi connectivity index (χ1) is 15.1. The van der Waals surface area contributed by atoms with Crippen molar-refractivity contribution in [1.82, 2.24) is 20.3 Å². The first-order valence-electron chi connectivity index (χ1n) is 9.79. The molecule has 1 heterocycles. The van der Waals surface area contributed by atoms with Gasteiger partial charge in [0.05, 0.1) is 11.9 Å². The Labute approximate surface area is 178 Å². The average molecular weight is 422 g/mol. The van der Waals surface area contributed by atoms with Crippen LogP contribution in [0.25, 0.3) is 11.1 Å². The van der Waals surface area contributed by atoms with E-state index in [0.29, 0.717) is 5.69 Å². The molecule has 0 fully saturated rings. The highest BCUT2D eigenvalue weighted by atomic mass is 16.5. The van der Waals surface area contributed by atoms with Crippen molar-refractivity contribution in [2.45, 2.75) is 25.1 Å². The molecule has 31 heavy (non-hydrogen) atoms. The molecule has 2 aromatic carbocycles. The maximum absolute atomic E-state index is 12.4. The van der Waals surface area contributed by atoms with Crippen molar-refractivity contribution in [1.29, 1.82) is 0 Å². The van der Waals surface area contributed by atoms with E-state index in [9.17, 15) is 14.7 Å². The number of nitrogens with zero attached hydrogens (tertiary/aromatic N) is 3. The lowest BCUT2D eigenvalue weighted by Gasteiger charge is -2.17. The standard InChI is InChI=1S/C22H22N4O5/c1-30-13-26-11-14(24-25-26)10-20(21(27)28)23-22(29)31-12-19-17-8-4-2-6-15(17)16-7-3-5-9-18(16)19/h2-9,11,19-20H,10,12-13H2,1H3,(H,23,29)(H,27,28). The highest BCUT2D eigenvalue weighted by Crippen LogP contribution is 2.44. The van der Waals surface area contributed by atoms with Crippen LogP contribution in [0.3, 0.4) is 0 Å². The maximum atomic E-state index is 12.4. The van der Waals surface area contributed by atoms with Gasteiger partial charge in [-0.1, -0.05) is 53.7 Å².